The lowest BCUT2D eigenvalue weighted by atomic mass is 10.0. The van der Waals surface area contributed by atoms with E-state index in [-0.39, 0.29) is 17.8 Å². The molecule has 0 aliphatic carbocycles. The van der Waals surface area contributed by atoms with E-state index in [1.807, 2.05) is 0 Å². The molecule has 21 heavy (non-hydrogen) atoms. The average molecular weight is 302 g/mol. The number of halogens is 3. The Labute approximate surface area is 120 Å². The SMILES string of the molecule is CC(=O)N(C)C1CCN(c2cc(C(F)(F)F)ncn2)CC1. The van der Waals surface area contributed by atoms with E-state index in [4.69, 9.17) is 0 Å². The molecule has 0 saturated carbocycles. The summed E-state index contributed by atoms with van der Waals surface area (Å²) in [4.78, 5) is 22.0. The quantitative estimate of drug-likeness (QED) is 0.838. The first-order valence-electron chi connectivity index (χ1n) is 6.66. The number of amides is 1. The van der Waals surface area contributed by atoms with Crippen molar-refractivity contribution in [1.29, 1.82) is 0 Å². The molecule has 0 unspecified atom stereocenters. The number of hydrogen-bond donors (Lipinski definition) is 0. The fourth-order valence-corrected chi connectivity index (χ4v) is 2.41. The predicted octanol–water partition coefficient (Wildman–Crippen LogP) is 1.94. The Bertz CT molecular complexity index is 512. The first-order chi connectivity index (χ1) is 9.79. The summed E-state index contributed by atoms with van der Waals surface area (Å²) in [6.07, 6.45) is -2.11. The molecular formula is C13H17F3N4O. The fourth-order valence-electron chi connectivity index (χ4n) is 2.41. The van der Waals surface area contributed by atoms with Crippen molar-refractivity contribution >= 4 is 11.7 Å². The second kappa shape index (κ2) is 5.87. The molecule has 116 valence electrons. The van der Waals surface area contributed by atoms with Crippen LogP contribution in [0, 0.1) is 0 Å². The zero-order chi connectivity index (χ0) is 15.6. The topological polar surface area (TPSA) is 49.3 Å². The van der Waals surface area contributed by atoms with Crippen LogP contribution in [0.4, 0.5) is 19.0 Å². The van der Waals surface area contributed by atoms with Crippen LogP contribution in [0.1, 0.15) is 25.5 Å². The molecule has 0 radical (unpaired) electrons. The van der Waals surface area contributed by atoms with Gasteiger partial charge in [-0.05, 0) is 12.8 Å². The molecule has 0 bridgehead atoms. The molecule has 1 saturated heterocycles. The first-order valence-corrected chi connectivity index (χ1v) is 6.66. The van der Waals surface area contributed by atoms with E-state index < -0.39 is 11.9 Å². The molecule has 1 amide bonds. The van der Waals surface area contributed by atoms with Gasteiger partial charge in [0.1, 0.15) is 17.8 Å². The number of carbonyl (C=O) groups excluding carboxylic acids is 1. The van der Waals surface area contributed by atoms with Crippen LogP contribution in [-0.2, 0) is 11.0 Å². The van der Waals surface area contributed by atoms with Gasteiger partial charge in [0.15, 0.2) is 0 Å². The number of piperidine rings is 1. The van der Waals surface area contributed by atoms with E-state index in [2.05, 4.69) is 9.97 Å². The van der Waals surface area contributed by atoms with Crippen molar-refractivity contribution in [2.45, 2.75) is 32.0 Å². The van der Waals surface area contributed by atoms with Gasteiger partial charge in [-0.1, -0.05) is 0 Å². The highest BCUT2D eigenvalue weighted by atomic mass is 19.4. The van der Waals surface area contributed by atoms with E-state index in [0.717, 1.165) is 12.4 Å². The lowest BCUT2D eigenvalue weighted by molar-refractivity contribution is -0.141. The van der Waals surface area contributed by atoms with Gasteiger partial charge in [-0.2, -0.15) is 13.2 Å². The summed E-state index contributed by atoms with van der Waals surface area (Å²) in [7, 11) is 1.75. The van der Waals surface area contributed by atoms with Gasteiger partial charge in [0.2, 0.25) is 5.91 Å². The monoisotopic (exact) mass is 302 g/mol. The minimum Gasteiger partial charge on any atom is -0.356 e. The largest absolute Gasteiger partial charge is 0.433 e. The smallest absolute Gasteiger partial charge is 0.356 e. The molecule has 0 aromatic carbocycles. The molecule has 0 atom stereocenters. The van der Waals surface area contributed by atoms with Crippen molar-refractivity contribution in [3.05, 3.63) is 18.1 Å². The number of carbonyl (C=O) groups is 1. The van der Waals surface area contributed by atoms with Crippen LogP contribution >= 0.6 is 0 Å². The molecule has 0 N–H and O–H groups in total. The number of nitrogens with zero attached hydrogens (tertiary/aromatic N) is 4. The summed E-state index contributed by atoms with van der Waals surface area (Å²) in [5.74, 6) is 0.274. The van der Waals surface area contributed by atoms with Crippen molar-refractivity contribution in [3.63, 3.8) is 0 Å². The Balaban J connectivity index is 2.04. The van der Waals surface area contributed by atoms with Crippen LogP contribution in [0.3, 0.4) is 0 Å². The first kappa shape index (κ1) is 15.5. The normalized spacial score (nSPS) is 16.9. The van der Waals surface area contributed by atoms with E-state index >= 15 is 0 Å². The molecule has 2 rings (SSSR count). The molecule has 1 aromatic heterocycles. The van der Waals surface area contributed by atoms with Crippen molar-refractivity contribution in [1.82, 2.24) is 14.9 Å². The summed E-state index contributed by atoms with van der Waals surface area (Å²) in [6, 6.07) is 1.09. The predicted molar refractivity (Wildman–Crippen MR) is 70.7 cm³/mol. The molecule has 5 nitrogen and oxygen atoms in total. The zero-order valence-electron chi connectivity index (χ0n) is 11.9. The second-order valence-electron chi connectivity index (χ2n) is 5.11. The van der Waals surface area contributed by atoms with Crippen molar-refractivity contribution in [2.24, 2.45) is 0 Å². The van der Waals surface area contributed by atoms with Crippen LogP contribution in [0.2, 0.25) is 0 Å². The van der Waals surface area contributed by atoms with Gasteiger partial charge in [-0.3, -0.25) is 4.79 Å². The molecule has 1 fully saturated rings. The van der Waals surface area contributed by atoms with E-state index in [1.54, 1.807) is 16.8 Å². The minimum absolute atomic E-state index is 0.00477. The summed E-state index contributed by atoms with van der Waals surface area (Å²) >= 11 is 0. The highest BCUT2D eigenvalue weighted by Gasteiger charge is 2.33. The van der Waals surface area contributed by atoms with E-state index in [1.165, 1.54) is 6.92 Å². The molecule has 0 spiro atoms. The Morgan fingerprint density at radius 3 is 2.48 bits per heavy atom. The van der Waals surface area contributed by atoms with Gasteiger partial charge in [-0.25, -0.2) is 9.97 Å². The lowest BCUT2D eigenvalue weighted by Crippen LogP contribution is -2.45. The van der Waals surface area contributed by atoms with Crippen LogP contribution in [0.25, 0.3) is 0 Å². The minimum atomic E-state index is -4.47. The number of aromatic nitrogens is 2. The van der Waals surface area contributed by atoms with Gasteiger partial charge < -0.3 is 9.80 Å². The highest BCUT2D eigenvalue weighted by molar-refractivity contribution is 5.73. The summed E-state index contributed by atoms with van der Waals surface area (Å²) < 4.78 is 37.9. The standard InChI is InChI=1S/C13H17F3N4O/c1-9(21)19(2)10-3-5-20(6-4-10)12-7-11(13(14,15)16)17-8-18-12/h7-8,10H,3-6H2,1-2H3. The number of anilines is 1. The molecular weight excluding hydrogens is 285 g/mol. The Kier molecular flexibility index (Phi) is 4.34. The number of alkyl halides is 3. The molecule has 1 aromatic rings. The third kappa shape index (κ3) is 3.62. The molecule has 2 heterocycles. The van der Waals surface area contributed by atoms with Gasteiger partial charge >= 0.3 is 6.18 Å². The molecule has 1 aliphatic heterocycles. The maximum Gasteiger partial charge on any atom is 0.433 e. The van der Waals surface area contributed by atoms with Crippen molar-refractivity contribution in [2.75, 3.05) is 25.0 Å². The fraction of sp³-hybridized carbons (Fsp3) is 0.615. The van der Waals surface area contributed by atoms with Gasteiger partial charge in [-0.15, -0.1) is 0 Å². The summed E-state index contributed by atoms with van der Waals surface area (Å²) in [5.41, 5.74) is -0.935. The molecule has 1 aliphatic rings. The number of hydrogen-bond acceptors (Lipinski definition) is 4. The third-order valence-electron chi connectivity index (χ3n) is 3.78. The third-order valence-corrected chi connectivity index (χ3v) is 3.78. The van der Waals surface area contributed by atoms with Crippen LogP contribution < -0.4 is 4.90 Å². The average Bonchev–Trinajstić information content (AvgIpc) is 2.46. The summed E-state index contributed by atoms with van der Waals surface area (Å²) in [5, 5.41) is 0. The van der Waals surface area contributed by atoms with E-state index in [9.17, 15) is 18.0 Å². The van der Waals surface area contributed by atoms with Crippen LogP contribution in [-0.4, -0.2) is 47.0 Å². The second-order valence-corrected chi connectivity index (χ2v) is 5.11. The molecule has 8 heteroatoms. The Morgan fingerprint density at radius 2 is 1.95 bits per heavy atom. The van der Waals surface area contributed by atoms with E-state index in [0.29, 0.717) is 25.9 Å². The van der Waals surface area contributed by atoms with Gasteiger partial charge in [0.05, 0.1) is 0 Å². The highest BCUT2D eigenvalue weighted by Crippen LogP contribution is 2.29. The van der Waals surface area contributed by atoms with Crippen molar-refractivity contribution < 1.29 is 18.0 Å². The number of rotatable bonds is 2. The van der Waals surface area contributed by atoms with Gasteiger partial charge in [0.25, 0.3) is 0 Å². The summed E-state index contributed by atoms with van der Waals surface area (Å²) in [6.45, 7) is 2.64. The van der Waals surface area contributed by atoms with Crippen LogP contribution in [0.15, 0.2) is 12.4 Å². The maximum atomic E-state index is 12.6. The maximum absolute atomic E-state index is 12.6. The van der Waals surface area contributed by atoms with Gasteiger partial charge in [0, 0.05) is 39.2 Å². The van der Waals surface area contributed by atoms with Crippen LogP contribution in [0.5, 0.6) is 0 Å². The Hall–Kier alpha value is -1.86. The zero-order valence-corrected chi connectivity index (χ0v) is 11.9. The van der Waals surface area contributed by atoms with Crippen molar-refractivity contribution in [3.8, 4) is 0 Å². The Morgan fingerprint density at radius 1 is 1.33 bits per heavy atom. The lowest BCUT2D eigenvalue weighted by Gasteiger charge is -2.37.